The predicted octanol–water partition coefficient (Wildman–Crippen LogP) is 4.03. The number of imidazole rings is 1. The highest BCUT2D eigenvalue weighted by atomic mass is 79.9. The molecule has 1 atom stereocenters. The number of nitrogens with zero attached hydrogens (tertiary/aromatic N) is 3. The molecule has 0 aromatic carbocycles. The molecule has 0 fully saturated rings. The molecular weight excluding hydrogens is 356 g/mol. The summed E-state index contributed by atoms with van der Waals surface area (Å²) in [6.07, 6.45) is 6.96. The van der Waals surface area contributed by atoms with E-state index in [2.05, 4.69) is 31.2 Å². The second-order valence-electron chi connectivity index (χ2n) is 4.49. The van der Waals surface area contributed by atoms with Gasteiger partial charge in [-0.05, 0) is 34.1 Å². The first-order chi connectivity index (χ1) is 10.1. The van der Waals surface area contributed by atoms with Gasteiger partial charge in [0.15, 0.2) is 0 Å². The molecule has 0 saturated heterocycles. The monoisotopic (exact) mass is 366 g/mol. The minimum atomic E-state index is -0.213. The summed E-state index contributed by atoms with van der Waals surface area (Å²) in [5.41, 5.74) is 0.815. The summed E-state index contributed by atoms with van der Waals surface area (Å²) < 4.78 is 8.20. The molecule has 0 aliphatic heterocycles. The fourth-order valence-electron chi connectivity index (χ4n) is 2.04. The van der Waals surface area contributed by atoms with Gasteiger partial charge in [-0.25, -0.2) is 9.97 Å². The average molecular weight is 368 g/mol. The number of furan rings is 1. The van der Waals surface area contributed by atoms with Gasteiger partial charge in [-0.1, -0.05) is 11.6 Å². The van der Waals surface area contributed by atoms with Crippen LogP contribution in [0.2, 0.25) is 5.15 Å². The van der Waals surface area contributed by atoms with Crippen molar-refractivity contribution in [2.45, 2.75) is 6.04 Å². The molecule has 3 heterocycles. The van der Waals surface area contributed by atoms with Gasteiger partial charge < -0.3 is 14.3 Å². The third-order valence-corrected chi connectivity index (χ3v) is 4.19. The fourth-order valence-corrected chi connectivity index (χ4v) is 2.49. The normalized spacial score (nSPS) is 12.3. The number of aryl methyl sites for hydroxylation is 1. The molecule has 0 bridgehead atoms. The third-order valence-electron chi connectivity index (χ3n) is 3.05. The number of nitrogens with one attached hydrogen (secondary N) is 1. The Morgan fingerprint density at radius 2 is 2.29 bits per heavy atom. The van der Waals surface area contributed by atoms with Crippen LogP contribution in [0.1, 0.15) is 17.6 Å². The Morgan fingerprint density at radius 3 is 2.90 bits per heavy atom. The minimum Gasteiger partial charge on any atom is -0.467 e. The van der Waals surface area contributed by atoms with Crippen LogP contribution in [0.25, 0.3) is 0 Å². The van der Waals surface area contributed by atoms with Crippen molar-refractivity contribution in [2.24, 2.45) is 7.05 Å². The highest BCUT2D eigenvalue weighted by Crippen LogP contribution is 2.28. The number of rotatable bonds is 4. The van der Waals surface area contributed by atoms with E-state index in [1.807, 2.05) is 36.0 Å². The van der Waals surface area contributed by atoms with Crippen LogP contribution in [0, 0.1) is 0 Å². The van der Waals surface area contributed by atoms with Crippen molar-refractivity contribution >= 4 is 33.2 Å². The van der Waals surface area contributed by atoms with E-state index >= 15 is 0 Å². The molecule has 0 amide bonds. The summed E-state index contributed by atoms with van der Waals surface area (Å²) in [6, 6.07) is 5.41. The predicted molar refractivity (Wildman–Crippen MR) is 84.3 cm³/mol. The Labute approximate surface area is 135 Å². The molecule has 3 rings (SSSR count). The quantitative estimate of drug-likeness (QED) is 0.708. The molecule has 7 heteroatoms. The van der Waals surface area contributed by atoms with Gasteiger partial charge in [0.05, 0.1) is 22.6 Å². The van der Waals surface area contributed by atoms with Crippen LogP contribution in [0.5, 0.6) is 0 Å². The van der Waals surface area contributed by atoms with Crippen LogP contribution < -0.4 is 5.32 Å². The van der Waals surface area contributed by atoms with E-state index in [0.717, 1.165) is 21.7 Å². The zero-order valence-electron chi connectivity index (χ0n) is 11.1. The molecule has 21 heavy (non-hydrogen) atoms. The van der Waals surface area contributed by atoms with Crippen molar-refractivity contribution in [1.29, 1.82) is 0 Å². The first-order valence-corrected chi connectivity index (χ1v) is 7.40. The van der Waals surface area contributed by atoms with Gasteiger partial charge in [0.1, 0.15) is 22.8 Å². The molecular formula is C14H12BrClN4O. The van der Waals surface area contributed by atoms with Crippen LogP contribution >= 0.6 is 27.5 Å². The zero-order valence-corrected chi connectivity index (χ0v) is 13.5. The number of halogens is 2. The van der Waals surface area contributed by atoms with Gasteiger partial charge in [-0.15, -0.1) is 0 Å². The lowest BCUT2D eigenvalue weighted by molar-refractivity contribution is 0.488. The summed E-state index contributed by atoms with van der Waals surface area (Å²) in [4.78, 5) is 8.51. The molecule has 1 N–H and O–H groups in total. The van der Waals surface area contributed by atoms with E-state index < -0.39 is 0 Å². The highest BCUT2D eigenvalue weighted by molar-refractivity contribution is 9.10. The lowest BCUT2D eigenvalue weighted by Crippen LogP contribution is -2.16. The maximum atomic E-state index is 5.92. The fraction of sp³-hybridized carbons (Fsp3) is 0.143. The Hall–Kier alpha value is -1.79. The van der Waals surface area contributed by atoms with E-state index in [9.17, 15) is 0 Å². The maximum Gasteiger partial charge on any atom is 0.143 e. The van der Waals surface area contributed by atoms with E-state index in [1.54, 1.807) is 18.7 Å². The second kappa shape index (κ2) is 5.91. The SMILES string of the molecule is Cn1ccnc1C(Nc1cnc(Cl)c(Br)c1)c1ccco1. The summed E-state index contributed by atoms with van der Waals surface area (Å²) in [7, 11) is 1.94. The Kier molecular flexibility index (Phi) is 3.98. The standard InChI is InChI=1S/C14H12BrClN4O/c1-20-5-4-17-14(20)12(11-3-2-6-21-11)19-9-7-10(15)13(16)18-8-9/h2-8,12,19H,1H3. The van der Waals surface area contributed by atoms with Crippen molar-refractivity contribution in [1.82, 2.24) is 14.5 Å². The van der Waals surface area contributed by atoms with Gasteiger partial charge in [-0.2, -0.15) is 0 Å². The number of hydrogen-bond donors (Lipinski definition) is 1. The molecule has 3 aromatic heterocycles. The van der Waals surface area contributed by atoms with Gasteiger partial charge in [-0.3, -0.25) is 0 Å². The lowest BCUT2D eigenvalue weighted by atomic mass is 10.2. The van der Waals surface area contributed by atoms with E-state index in [0.29, 0.717) is 5.15 Å². The van der Waals surface area contributed by atoms with Crippen molar-refractivity contribution in [3.8, 4) is 0 Å². The second-order valence-corrected chi connectivity index (χ2v) is 5.70. The Bertz CT molecular complexity index is 741. The first kappa shape index (κ1) is 14.2. The van der Waals surface area contributed by atoms with Crippen LogP contribution in [-0.2, 0) is 7.05 Å². The number of aromatic nitrogens is 3. The van der Waals surface area contributed by atoms with Crippen molar-refractivity contribution in [3.05, 3.63) is 64.3 Å². The molecule has 5 nitrogen and oxygen atoms in total. The Morgan fingerprint density at radius 1 is 1.43 bits per heavy atom. The smallest absolute Gasteiger partial charge is 0.143 e. The summed E-state index contributed by atoms with van der Waals surface area (Å²) in [6.45, 7) is 0. The van der Waals surface area contributed by atoms with Gasteiger partial charge in [0.2, 0.25) is 0 Å². The number of pyridine rings is 1. The number of anilines is 1. The van der Waals surface area contributed by atoms with Crippen LogP contribution in [0.4, 0.5) is 5.69 Å². The molecule has 0 radical (unpaired) electrons. The third kappa shape index (κ3) is 2.96. The van der Waals surface area contributed by atoms with Crippen molar-refractivity contribution < 1.29 is 4.42 Å². The summed E-state index contributed by atoms with van der Waals surface area (Å²) >= 11 is 9.29. The molecule has 108 valence electrons. The topological polar surface area (TPSA) is 55.9 Å². The summed E-state index contributed by atoms with van der Waals surface area (Å²) in [5, 5.41) is 3.79. The molecule has 0 aliphatic carbocycles. The Balaban J connectivity index is 1.97. The number of hydrogen-bond acceptors (Lipinski definition) is 4. The largest absolute Gasteiger partial charge is 0.467 e. The van der Waals surface area contributed by atoms with E-state index in [4.69, 9.17) is 16.0 Å². The molecule has 0 aliphatic rings. The van der Waals surface area contributed by atoms with Crippen LogP contribution in [0.15, 0.2) is 51.9 Å². The molecule has 3 aromatic rings. The zero-order chi connectivity index (χ0) is 14.8. The van der Waals surface area contributed by atoms with Crippen molar-refractivity contribution in [2.75, 3.05) is 5.32 Å². The molecule has 1 unspecified atom stereocenters. The van der Waals surface area contributed by atoms with E-state index in [-0.39, 0.29) is 6.04 Å². The van der Waals surface area contributed by atoms with Gasteiger partial charge in [0, 0.05) is 19.4 Å². The van der Waals surface area contributed by atoms with Crippen LogP contribution in [0.3, 0.4) is 0 Å². The maximum absolute atomic E-state index is 5.92. The van der Waals surface area contributed by atoms with Crippen molar-refractivity contribution in [3.63, 3.8) is 0 Å². The van der Waals surface area contributed by atoms with Gasteiger partial charge in [0.25, 0.3) is 0 Å². The molecule has 0 spiro atoms. The molecule has 0 saturated carbocycles. The first-order valence-electron chi connectivity index (χ1n) is 6.23. The lowest BCUT2D eigenvalue weighted by Gasteiger charge is -2.17. The van der Waals surface area contributed by atoms with Gasteiger partial charge >= 0.3 is 0 Å². The van der Waals surface area contributed by atoms with E-state index in [1.165, 1.54) is 0 Å². The highest BCUT2D eigenvalue weighted by Gasteiger charge is 2.21. The minimum absolute atomic E-state index is 0.213. The average Bonchev–Trinajstić information content (AvgIpc) is 3.12. The summed E-state index contributed by atoms with van der Waals surface area (Å²) in [5.74, 6) is 1.62. The van der Waals surface area contributed by atoms with Crippen LogP contribution in [-0.4, -0.2) is 14.5 Å².